The Balaban J connectivity index is 1.44. The SMILES string of the molecule is COc1ccc(CCNC(=O)c2noc3c2COc2ccccc2-3)c(OC)c1. The molecular weight excluding hydrogens is 360 g/mol. The first kappa shape index (κ1) is 17.9. The average molecular weight is 380 g/mol. The number of ether oxygens (including phenoxy) is 3. The van der Waals surface area contributed by atoms with E-state index in [1.807, 2.05) is 42.5 Å². The van der Waals surface area contributed by atoms with Gasteiger partial charge < -0.3 is 24.1 Å². The Hall–Kier alpha value is -3.48. The maximum Gasteiger partial charge on any atom is 0.273 e. The van der Waals surface area contributed by atoms with Crippen molar-refractivity contribution >= 4 is 5.91 Å². The zero-order valence-electron chi connectivity index (χ0n) is 15.7. The van der Waals surface area contributed by atoms with Crippen molar-refractivity contribution in [2.24, 2.45) is 0 Å². The normalized spacial score (nSPS) is 11.8. The van der Waals surface area contributed by atoms with Crippen molar-refractivity contribution in [3.63, 3.8) is 0 Å². The summed E-state index contributed by atoms with van der Waals surface area (Å²) in [6.07, 6.45) is 0.609. The molecule has 7 nitrogen and oxygen atoms in total. The van der Waals surface area contributed by atoms with Gasteiger partial charge in [-0.05, 0) is 30.2 Å². The molecule has 0 saturated heterocycles. The van der Waals surface area contributed by atoms with Gasteiger partial charge in [0, 0.05) is 12.6 Å². The first-order valence-electron chi connectivity index (χ1n) is 8.91. The van der Waals surface area contributed by atoms with Gasteiger partial charge >= 0.3 is 0 Å². The van der Waals surface area contributed by atoms with Crippen LogP contribution in [0.25, 0.3) is 11.3 Å². The van der Waals surface area contributed by atoms with Crippen LogP contribution < -0.4 is 19.5 Å². The number of carbonyl (C=O) groups is 1. The number of benzene rings is 2. The number of aromatic nitrogens is 1. The van der Waals surface area contributed by atoms with Crippen LogP contribution in [0.3, 0.4) is 0 Å². The van der Waals surface area contributed by atoms with Crippen molar-refractivity contribution in [2.75, 3.05) is 20.8 Å². The topological polar surface area (TPSA) is 82.8 Å². The highest BCUT2D eigenvalue weighted by Crippen LogP contribution is 2.38. The number of hydrogen-bond donors (Lipinski definition) is 1. The van der Waals surface area contributed by atoms with E-state index in [1.54, 1.807) is 14.2 Å². The third kappa shape index (κ3) is 3.26. The molecule has 0 radical (unpaired) electrons. The number of rotatable bonds is 6. The highest BCUT2D eigenvalue weighted by molar-refractivity contribution is 5.95. The third-order valence-corrected chi connectivity index (χ3v) is 4.68. The smallest absolute Gasteiger partial charge is 0.273 e. The molecule has 0 bridgehead atoms. The molecule has 1 N–H and O–H groups in total. The van der Waals surface area contributed by atoms with E-state index in [4.69, 9.17) is 18.7 Å². The fraction of sp³-hybridized carbons (Fsp3) is 0.238. The van der Waals surface area contributed by atoms with Crippen LogP contribution in [0, 0.1) is 0 Å². The van der Waals surface area contributed by atoms with Crippen LogP contribution in [0.1, 0.15) is 21.6 Å². The van der Waals surface area contributed by atoms with Crippen LogP contribution >= 0.6 is 0 Å². The van der Waals surface area contributed by atoms with Crippen molar-refractivity contribution in [1.82, 2.24) is 10.5 Å². The molecule has 7 heteroatoms. The summed E-state index contributed by atoms with van der Waals surface area (Å²) < 4.78 is 21.7. The molecule has 1 aliphatic rings. The Labute approximate surface area is 162 Å². The lowest BCUT2D eigenvalue weighted by molar-refractivity contribution is 0.0943. The molecule has 1 aromatic heterocycles. The molecule has 2 heterocycles. The van der Waals surface area contributed by atoms with E-state index in [-0.39, 0.29) is 18.2 Å². The van der Waals surface area contributed by atoms with Gasteiger partial charge in [-0.3, -0.25) is 4.79 Å². The first-order valence-corrected chi connectivity index (χ1v) is 8.91. The Bertz CT molecular complexity index is 1010. The molecule has 0 atom stereocenters. The van der Waals surface area contributed by atoms with Crippen molar-refractivity contribution in [3.05, 3.63) is 59.3 Å². The summed E-state index contributed by atoms with van der Waals surface area (Å²) in [4.78, 5) is 12.6. The van der Waals surface area contributed by atoms with Crippen LogP contribution in [0.15, 0.2) is 47.0 Å². The second kappa shape index (κ2) is 7.64. The maximum atomic E-state index is 12.6. The molecule has 144 valence electrons. The summed E-state index contributed by atoms with van der Waals surface area (Å²) in [7, 11) is 3.21. The standard InChI is InChI=1S/C21H20N2O5/c1-25-14-8-7-13(18(11-14)26-2)9-10-22-21(24)19-16-12-27-17-6-4-3-5-15(17)20(16)28-23-19/h3-8,11H,9-10,12H2,1-2H3,(H,22,24). The molecule has 0 fully saturated rings. The van der Waals surface area contributed by atoms with Gasteiger partial charge in [0.25, 0.3) is 5.91 Å². The molecule has 1 aliphatic heterocycles. The van der Waals surface area contributed by atoms with E-state index in [2.05, 4.69) is 10.5 Å². The number of fused-ring (bicyclic) bond motifs is 3. The van der Waals surface area contributed by atoms with E-state index >= 15 is 0 Å². The van der Waals surface area contributed by atoms with E-state index in [0.717, 1.165) is 28.4 Å². The summed E-state index contributed by atoms with van der Waals surface area (Å²) in [5.74, 6) is 2.46. The Morgan fingerprint density at radius 3 is 2.86 bits per heavy atom. The zero-order chi connectivity index (χ0) is 19.5. The zero-order valence-corrected chi connectivity index (χ0v) is 15.7. The molecule has 28 heavy (non-hydrogen) atoms. The predicted molar refractivity (Wildman–Crippen MR) is 102 cm³/mol. The number of nitrogens with zero attached hydrogens (tertiary/aromatic N) is 1. The van der Waals surface area contributed by atoms with Gasteiger partial charge in [0.15, 0.2) is 11.5 Å². The minimum Gasteiger partial charge on any atom is -0.497 e. The second-order valence-corrected chi connectivity index (χ2v) is 6.31. The lowest BCUT2D eigenvalue weighted by Gasteiger charge is -2.16. The van der Waals surface area contributed by atoms with Crippen molar-refractivity contribution in [2.45, 2.75) is 13.0 Å². The van der Waals surface area contributed by atoms with Gasteiger partial charge in [0.2, 0.25) is 0 Å². The van der Waals surface area contributed by atoms with Crippen LogP contribution in [0.5, 0.6) is 17.2 Å². The first-order chi connectivity index (χ1) is 13.7. The molecule has 0 aliphatic carbocycles. The largest absolute Gasteiger partial charge is 0.497 e. The van der Waals surface area contributed by atoms with Gasteiger partial charge in [-0.2, -0.15) is 0 Å². The van der Waals surface area contributed by atoms with E-state index in [9.17, 15) is 4.79 Å². The lowest BCUT2D eigenvalue weighted by atomic mass is 10.0. The van der Waals surface area contributed by atoms with Crippen molar-refractivity contribution in [1.29, 1.82) is 0 Å². The number of para-hydroxylation sites is 1. The van der Waals surface area contributed by atoms with Crippen LogP contribution in [-0.2, 0) is 13.0 Å². The van der Waals surface area contributed by atoms with Gasteiger partial charge in [0.1, 0.15) is 23.9 Å². The minimum atomic E-state index is -0.291. The van der Waals surface area contributed by atoms with Gasteiger partial charge in [-0.15, -0.1) is 0 Å². The van der Waals surface area contributed by atoms with E-state index < -0.39 is 0 Å². The monoisotopic (exact) mass is 380 g/mol. The molecule has 0 unspecified atom stereocenters. The summed E-state index contributed by atoms with van der Waals surface area (Å²) in [6.45, 7) is 0.686. The maximum absolute atomic E-state index is 12.6. The summed E-state index contributed by atoms with van der Waals surface area (Å²) in [5.41, 5.74) is 2.70. The predicted octanol–water partition coefficient (Wildman–Crippen LogP) is 3.22. The van der Waals surface area contributed by atoms with Gasteiger partial charge in [-0.25, -0.2) is 0 Å². The fourth-order valence-electron chi connectivity index (χ4n) is 3.22. The lowest BCUT2D eigenvalue weighted by Crippen LogP contribution is -2.27. The van der Waals surface area contributed by atoms with Gasteiger partial charge in [-0.1, -0.05) is 23.4 Å². The third-order valence-electron chi connectivity index (χ3n) is 4.68. The Morgan fingerprint density at radius 1 is 1.18 bits per heavy atom. The Morgan fingerprint density at radius 2 is 2.04 bits per heavy atom. The minimum absolute atomic E-state index is 0.255. The second-order valence-electron chi connectivity index (χ2n) is 6.31. The summed E-state index contributed by atoms with van der Waals surface area (Å²) >= 11 is 0. The van der Waals surface area contributed by atoms with Gasteiger partial charge in [0.05, 0.1) is 25.3 Å². The van der Waals surface area contributed by atoms with Crippen LogP contribution in [0.4, 0.5) is 0 Å². The van der Waals surface area contributed by atoms with Crippen molar-refractivity contribution in [3.8, 4) is 28.6 Å². The molecule has 1 amide bonds. The quantitative estimate of drug-likeness (QED) is 0.707. The molecule has 0 saturated carbocycles. The summed E-state index contributed by atoms with van der Waals surface area (Å²) in [6, 6.07) is 13.1. The number of carbonyl (C=O) groups excluding carboxylic acids is 1. The van der Waals surface area contributed by atoms with Crippen molar-refractivity contribution < 1.29 is 23.5 Å². The Kier molecular flexibility index (Phi) is 4.89. The molecule has 3 aromatic rings. The number of hydrogen-bond acceptors (Lipinski definition) is 6. The molecule has 0 spiro atoms. The molecule has 4 rings (SSSR count). The van der Waals surface area contributed by atoms with E-state index in [0.29, 0.717) is 24.3 Å². The highest BCUT2D eigenvalue weighted by atomic mass is 16.5. The average Bonchev–Trinajstić information content (AvgIpc) is 3.18. The fourth-order valence-corrected chi connectivity index (χ4v) is 3.22. The van der Waals surface area contributed by atoms with E-state index in [1.165, 1.54) is 0 Å². The highest BCUT2D eigenvalue weighted by Gasteiger charge is 2.28. The molecular formula is C21H20N2O5. The molecule has 2 aromatic carbocycles. The number of methoxy groups -OCH3 is 2. The number of nitrogens with one attached hydrogen (secondary N) is 1. The number of amides is 1. The summed E-state index contributed by atoms with van der Waals surface area (Å²) in [5, 5.41) is 6.85. The van der Waals surface area contributed by atoms with Crippen LogP contribution in [0.2, 0.25) is 0 Å². The van der Waals surface area contributed by atoms with Crippen LogP contribution in [-0.4, -0.2) is 31.8 Å².